The van der Waals surface area contributed by atoms with Crippen LogP contribution in [0.25, 0.3) is 11.1 Å². The third-order valence-corrected chi connectivity index (χ3v) is 7.94. The highest BCUT2D eigenvalue weighted by atomic mass is 32.2. The molecule has 0 amide bonds. The van der Waals surface area contributed by atoms with Crippen molar-refractivity contribution in [1.82, 2.24) is 0 Å². The first-order valence-electron chi connectivity index (χ1n) is 13.1. The fourth-order valence-corrected chi connectivity index (χ4v) is 6.06. The van der Waals surface area contributed by atoms with Gasteiger partial charge in [-0.25, -0.2) is 4.79 Å². The lowest BCUT2D eigenvalue weighted by Gasteiger charge is -2.32. The monoisotopic (exact) mass is 530 g/mol. The van der Waals surface area contributed by atoms with Crippen molar-refractivity contribution >= 4 is 29.1 Å². The number of rotatable bonds is 11. The van der Waals surface area contributed by atoms with E-state index >= 15 is 0 Å². The molecule has 0 saturated heterocycles. The van der Waals surface area contributed by atoms with Crippen molar-refractivity contribution in [2.24, 2.45) is 5.16 Å². The smallest absolute Gasteiger partial charge is 0.318 e. The Morgan fingerprint density at radius 1 is 1.00 bits per heavy atom. The molecule has 7 heteroatoms. The second kappa shape index (κ2) is 11.9. The number of thioether (sulfide) groups is 1. The van der Waals surface area contributed by atoms with Gasteiger partial charge in [0.05, 0.1) is 11.3 Å². The van der Waals surface area contributed by atoms with E-state index in [1.807, 2.05) is 49.6 Å². The number of nitro groups is 1. The van der Waals surface area contributed by atoms with Crippen LogP contribution in [-0.2, 0) is 15.0 Å². The Hall–Kier alpha value is -3.45. The number of non-ortho nitro benzene ring substituents is 1. The molecule has 0 bridgehead atoms. The van der Waals surface area contributed by atoms with Crippen molar-refractivity contribution in [2.75, 3.05) is 12.0 Å². The number of nitro benzene ring substituents is 1. The highest BCUT2D eigenvalue weighted by Gasteiger charge is 2.43. The molecule has 1 aliphatic rings. The Bertz CT molecular complexity index is 1380. The van der Waals surface area contributed by atoms with E-state index in [1.165, 1.54) is 0 Å². The zero-order chi connectivity index (χ0) is 27.3. The van der Waals surface area contributed by atoms with Gasteiger partial charge in [-0.2, -0.15) is 11.8 Å². The fraction of sp³-hybridized carbons (Fsp3) is 0.355. The molecule has 0 unspecified atom stereocenters. The van der Waals surface area contributed by atoms with Crippen LogP contribution >= 0.6 is 11.8 Å². The van der Waals surface area contributed by atoms with E-state index in [1.54, 1.807) is 23.9 Å². The summed E-state index contributed by atoms with van der Waals surface area (Å²) < 4.78 is 0. The molecule has 0 spiro atoms. The van der Waals surface area contributed by atoms with E-state index in [2.05, 4.69) is 31.1 Å². The first-order chi connectivity index (χ1) is 18.4. The number of hydrogen-bond acceptors (Lipinski definition) is 6. The predicted octanol–water partition coefficient (Wildman–Crippen LogP) is 7.82. The average Bonchev–Trinajstić information content (AvgIpc) is 3.17. The maximum atomic E-state index is 12.4. The quantitative estimate of drug-likeness (QED) is 0.109. The molecule has 38 heavy (non-hydrogen) atoms. The number of carbonyl (C=O) groups is 1. The van der Waals surface area contributed by atoms with Gasteiger partial charge in [-0.15, -0.1) is 0 Å². The highest BCUT2D eigenvalue weighted by Crippen LogP contribution is 2.54. The lowest BCUT2D eigenvalue weighted by Crippen LogP contribution is -2.25. The normalized spacial score (nSPS) is 13.6. The Kier molecular flexibility index (Phi) is 8.67. The Morgan fingerprint density at radius 2 is 1.66 bits per heavy atom. The minimum absolute atomic E-state index is 0.118. The predicted molar refractivity (Wildman–Crippen MR) is 155 cm³/mol. The summed E-state index contributed by atoms with van der Waals surface area (Å²) in [6.07, 6.45) is 5.89. The lowest BCUT2D eigenvalue weighted by molar-refractivity contribution is -0.384. The molecule has 6 nitrogen and oxygen atoms in total. The minimum Gasteiger partial charge on any atom is -0.318 e. The zero-order valence-corrected chi connectivity index (χ0v) is 23.3. The van der Waals surface area contributed by atoms with Gasteiger partial charge < -0.3 is 4.84 Å². The molecule has 3 aromatic rings. The van der Waals surface area contributed by atoms with Crippen LogP contribution in [0.2, 0.25) is 0 Å². The van der Waals surface area contributed by atoms with Crippen LogP contribution in [-0.4, -0.2) is 28.6 Å². The molecular weight excluding hydrogens is 496 g/mol. The number of oxime groups is 1. The fourth-order valence-electron chi connectivity index (χ4n) is 5.68. The van der Waals surface area contributed by atoms with Gasteiger partial charge in [-0.3, -0.25) is 10.1 Å². The largest absolute Gasteiger partial charge is 0.335 e. The Morgan fingerprint density at radius 3 is 2.29 bits per heavy atom. The maximum absolute atomic E-state index is 12.4. The molecule has 0 fully saturated rings. The molecule has 3 aromatic carbocycles. The summed E-state index contributed by atoms with van der Waals surface area (Å²) in [6, 6.07) is 19.4. The first-order valence-corrected chi connectivity index (χ1v) is 14.5. The molecule has 0 aliphatic heterocycles. The molecular formula is C31H34N2O4S. The standard InChI is InChI=1S/C31H34N2O4S/c1-5-16-31(17-6-2)27-19-22(11-13-25(27)26-14-12-23(33(35)36)20-28(26)31)30(24-10-8-7-9-21(24)3)32-37-29(34)15-18-38-4/h7-14,19-20H,5-6,15-18H2,1-4H3/b32-30-. The van der Waals surface area contributed by atoms with Gasteiger partial charge in [0, 0.05) is 34.4 Å². The number of benzene rings is 3. The SMILES string of the molecule is CCCC1(CCC)c2cc(/C(=N/OC(=O)CCSC)c3ccccc3C)ccc2-c2ccc([N+](=O)[O-])cc21. The number of aryl methyl sites for hydroxylation is 1. The third-order valence-electron chi connectivity index (χ3n) is 7.33. The Balaban J connectivity index is 1.90. The minimum atomic E-state index is -0.363. The van der Waals surface area contributed by atoms with Crippen LogP contribution < -0.4 is 0 Å². The number of hydrogen-bond donors (Lipinski definition) is 0. The van der Waals surface area contributed by atoms with E-state index in [0.29, 0.717) is 17.9 Å². The van der Waals surface area contributed by atoms with E-state index in [9.17, 15) is 14.9 Å². The summed E-state index contributed by atoms with van der Waals surface area (Å²) in [7, 11) is 0. The maximum Gasteiger partial charge on any atom is 0.335 e. The summed E-state index contributed by atoms with van der Waals surface area (Å²) in [6.45, 7) is 6.33. The second-order valence-corrected chi connectivity index (χ2v) is 10.8. The van der Waals surface area contributed by atoms with E-state index in [4.69, 9.17) is 4.84 Å². The molecule has 0 heterocycles. The number of nitrogens with zero attached hydrogens (tertiary/aromatic N) is 2. The summed E-state index contributed by atoms with van der Waals surface area (Å²) in [4.78, 5) is 29.1. The number of fused-ring (bicyclic) bond motifs is 3. The van der Waals surface area contributed by atoms with Crippen LogP contribution in [0.5, 0.6) is 0 Å². The summed E-state index contributed by atoms with van der Waals surface area (Å²) in [5.74, 6) is 0.311. The summed E-state index contributed by atoms with van der Waals surface area (Å²) >= 11 is 1.59. The first kappa shape index (κ1) is 27.6. The molecule has 0 radical (unpaired) electrons. The molecule has 0 atom stereocenters. The van der Waals surface area contributed by atoms with Crippen LogP contribution in [0.4, 0.5) is 5.69 Å². The van der Waals surface area contributed by atoms with Crippen LogP contribution in [0, 0.1) is 17.0 Å². The van der Waals surface area contributed by atoms with Gasteiger partial charge in [-0.05, 0) is 66.0 Å². The second-order valence-electron chi connectivity index (χ2n) is 9.79. The lowest BCUT2D eigenvalue weighted by atomic mass is 9.71. The molecule has 1 aliphatic carbocycles. The van der Waals surface area contributed by atoms with Crippen LogP contribution in [0.3, 0.4) is 0 Å². The Labute approximate surface area is 228 Å². The van der Waals surface area contributed by atoms with E-state index in [-0.39, 0.29) is 22.0 Å². The van der Waals surface area contributed by atoms with Gasteiger partial charge in [0.25, 0.3) is 5.69 Å². The van der Waals surface area contributed by atoms with Crippen molar-refractivity contribution in [3.63, 3.8) is 0 Å². The van der Waals surface area contributed by atoms with Crippen LogP contribution in [0.15, 0.2) is 65.8 Å². The van der Waals surface area contributed by atoms with Crippen molar-refractivity contribution in [3.8, 4) is 11.1 Å². The van der Waals surface area contributed by atoms with Gasteiger partial charge in [0.15, 0.2) is 0 Å². The summed E-state index contributed by atoms with van der Waals surface area (Å²) in [5.41, 5.74) is 7.51. The van der Waals surface area contributed by atoms with E-state index in [0.717, 1.165) is 64.6 Å². The topological polar surface area (TPSA) is 81.8 Å². The van der Waals surface area contributed by atoms with Gasteiger partial charge >= 0.3 is 5.97 Å². The van der Waals surface area contributed by atoms with Crippen molar-refractivity contribution in [2.45, 2.75) is 58.3 Å². The summed E-state index contributed by atoms with van der Waals surface area (Å²) in [5, 5.41) is 16.1. The molecule has 4 rings (SSSR count). The molecule has 0 aromatic heterocycles. The third kappa shape index (κ3) is 5.25. The van der Waals surface area contributed by atoms with Gasteiger partial charge in [0.2, 0.25) is 0 Å². The van der Waals surface area contributed by atoms with Gasteiger partial charge in [0.1, 0.15) is 5.71 Å². The van der Waals surface area contributed by atoms with Crippen LogP contribution in [0.1, 0.15) is 73.8 Å². The van der Waals surface area contributed by atoms with Crippen molar-refractivity contribution in [1.29, 1.82) is 0 Å². The van der Waals surface area contributed by atoms with Crippen molar-refractivity contribution in [3.05, 3.63) is 98.6 Å². The molecule has 0 N–H and O–H groups in total. The van der Waals surface area contributed by atoms with Crippen molar-refractivity contribution < 1.29 is 14.6 Å². The highest BCUT2D eigenvalue weighted by molar-refractivity contribution is 7.98. The zero-order valence-electron chi connectivity index (χ0n) is 22.5. The molecule has 0 saturated carbocycles. The van der Waals surface area contributed by atoms with Gasteiger partial charge in [-0.1, -0.05) is 68.2 Å². The molecule has 198 valence electrons. The van der Waals surface area contributed by atoms with E-state index < -0.39 is 0 Å². The number of carbonyl (C=O) groups excluding carboxylic acids is 1. The average molecular weight is 531 g/mol.